The van der Waals surface area contributed by atoms with Crippen molar-refractivity contribution in [2.45, 2.75) is 13.5 Å². The topological polar surface area (TPSA) is 78.9 Å². The minimum Gasteiger partial charge on any atom is -0.497 e. The summed E-state index contributed by atoms with van der Waals surface area (Å²) in [6.07, 6.45) is 1.81. The average molecular weight is 347 g/mol. The van der Waals surface area contributed by atoms with Crippen molar-refractivity contribution in [1.82, 2.24) is 25.1 Å². The molecule has 7 nitrogen and oxygen atoms in total. The first kappa shape index (κ1) is 16.0. The molecule has 0 fully saturated rings. The summed E-state index contributed by atoms with van der Waals surface area (Å²) in [5, 5.41) is 12.3. The maximum atomic E-state index is 5.34. The first-order valence-corrected chi connectivity index (χ1v) is 8.15. The molecular weight excluding hydrogens is 330 g/mol. The summed E-state index contributed by atoms with van der Waals surface area (Å²) in [6, 6.07) is 15.7. The standard InChI is InChI=1S/C19H17N5O2/c1-13-3-5-14(6-4-13)11-24-12-17(21-23-24)18-20-19(26-22-18)15-7-9-16(25-2)10-8-15/h3-10,12H,11H2,1-2H3. The molecule has 2 heterocycles. The lowest BCUT2D eigenvalue weighted by atomic mass is 10.1. The Labute approximate surface area is 150 Å². The third-order valence-corrected chi connectivity index (χ3v) is 4.00. The number of ether oxygens (including phenoxy) is 1. The highest BCUT2D eigenvalue weighted by molar-refractivity contribution is 5.57. The van der Waals surface area contributed by atoms with Crippen LogP contribution in [-0.2, 0) is 6.54 Å². The van der Waals surface area contributed by atoms with Crippen LogP contribution in [0.15, 0.2) is 59.3 Å². The number of aryl methyl sites for hydroxylation is 1. The number of hydrogen-bond acceptors (Lipinski definition) is 6. The minimum absolute atomic E-state index is 0.408. The number of nitrogens with zero attached hydrogens (tertiary/aromatic N) is 5. The van der Waals surface area contributed by atoms with Crippen molar-refractivity contribution in [3.63, 3.8) is 0 Å². The van der Waals surface area contributed by atoms with Crippen LogP contribution >= 0.6 is 0 Å². The van der Waals surface area contributed by atoms with Gasteiger partial charge in [-0.25, -0.2) is 4.68 Å². The van der Waals surface area contributed by atoms with Gasteiger partial charge in [0.15, 0.2) is 5.69 Å². The van der Waals surface area contributed by atoms with Crippen LogP contribution in [0.2, 0.25) is 0 Å². The monoisotopic (exact) mass is 347 g/mol. The summed E-state index contributed by atoms with van der Waals surface area (Å²) in [5.41, 5.74) is 3.77. The predicted octanol–water partition coefficient (Wildman–Crippen LogP) is 3.36. The van der Waals surface area contributed by atoms with Crippen LogP contribution in [0.4, 0.5) is 0 Å². The Kier molecular flexibility index (Phi) is 4.18. The van der Waals surface area contributed by atoms with Crippen LogP contribution in [0.5, 0.6) is 5.75 Å². The molecule has 26 heavy (non-hydrogen) atoms. The van der Waals surface area contributed by atoms with Crippen molar-refractivity contribution in [3.8, 4) is 28.7 Å². The molecule has 4 aromatic rings. The number of aromatic nitrogens is 5. The van der Waals surface area contributed by atoms with Crippen LogP contribution < -0.4 is 4.74 Å². The van der Waals surface area contributed by atoms with Crippen LogP contribution in [0.3, 0.4) is 0 Å². The minimum atomic E-state index is 0.408. The molecule has 0 saturated carbocycles. The molecule has 0 radical (unpaired) electrons. The number of methoxy groups -OCH3 is 1. The van der Waals surface area contributed by atoms with Gasteiger partial charge < -0.3 is 9.26 Å². The summed E-state index contributed by atoms with van der Waals surface area (Å²) >= 11 is 0. The highest BCUT2D eigenvalue weighted by Gasteiger charge is 2.14. The zero-order valence-corrected chi connectivity index (χ0v) is 14.5. The lowest BCUT2D eigenvalue weighted by Gasteiger charge is -2.00. The Hall–Kier alpha value is -3.48. The van der Waals surface area contributed by atoms with E-state index in [0.29, 0.717) is 24.0 Å². The summed E-state index contributed by atoms with van der Waals surface area (Å²) in [6.45, 7) is 2.70. The maximum Gasteiger partial charge on any atom is 0.258 e. The van der Waals surface area contributed by atoms with E-state index in [2.05, 4.69) is 51.6 Å². The molecule has 7 heteroatoms. The fourth-order valence-corrected chi connectivity index (χ4v) is 2.54. The van der Waals surface area contributed by atoms with Gasteiger partial charge in [-0.1, -0.05) is 40.2 Å². The molecule has 0 aliphatic rings. The van der Waals surface area contributed by atoms with Crippen LogP contribution in [-0.4, -0.2) is 32.2 Å². The van der Waals surface area contributed by atoms with E-state index in [-0.39, 0.29) is 0 Å². The van der Waals surface area contributed by atoms with Gasteiger partial charge in [-0.15, -0.1) is 5.10 Å². The molecule has 0 bridgehead atoms. The third-order valence-electron chi connectivity index (χ3n) is 4.00. The fourth-order valence-electron chi connectivity index (χ4n) is 2.54. The van der Waals surface area contributed by atoms with E-state index < -0.39 is 0 Å². The van der Waals surface area contributed by atoms with Gasteiger partial charge in [-0.3, -0.25) is 0 Å². The van der Waals surface area contributed by atoms with Gasteiger partial charge in [-0.05, 0) is 36.8 Å². The second-order valence-corrected chi connectivity index (χ2v) is 5.94. The smallest absolute Gasteiger partial charge is 0.258 e. The number of benzene rings is 2. The van der Waals surface area contributed by atoms with Gasteiger partial charge in [0.25, 0.3) is 5.89 Å². The molecule has 0 amide bonds. The van der Waals surface area contributed by atoms with Crippen LogP contribution in [0.1, 0.15) is 11.1 Å². The second kappa shape index (κ2) is 6.79. The Morgan fingerprint density at radius 1 is 1.04 bits per heavy atom. The van der Waals surface area contributed by atoms with Crippen molar-refractivity contribution >= 4 is 0 Å². The lowest BCUT2D eigenvalue weighted by Crippen LogP contribution is -2.00. The number of hydrogen-bond donors (Lipinski definition) is 0. The lowest BCUT2D eigenvalue weighted by molar-refractivity contribution is 0.414. The van der Waals surface area contributed by atoms with E-state index >= 15 is 0 Å². The quantitative estimate of drug-likeness (QED) is 0.551. The van der Waals surface area contributed by atoms with Gasteiger partial charge >= 0.3 is 0 Å². The van der Waals surface area contributed by atoms with E-state index in [4.69, 9.17) is 9.26 Å². The summed E-state index contributed by atoms with van der Waals surface area (Å²) < 4.78 is 12.2. The molecule has 2 aromatic heterocycles. The van der Waals surface area contributed by atoms with Crippen molar-refractivity contribution in [3.05, 3.63) is 65.9 Å². The molecule has 0 atom stereocenters. The number of rotatable bonds is 5. The predicted molar refractivity (Wildman–Crippen MR) is 95.6 cm³/mol. The molecule has 130 valence electrons. The van der Waals surface area contributed by atoms with E-state index in [1.165, 1.54) is 5.56 Å². The van der Waals surface area contributed by atoms with Crippen molar-refractivity contribution in [1.29, 1.82) is 0 Å². The molecular formula is C19H17N5O2. The average Bonchev–Trinajstić information content (AvgIpc) is 3.33. The first-order valence-electron chi connectivity index (χ1n) is 8.15. The fraction of sp³-hybridized carbons (Fsp3) is 0.158. The molecule has 0 spiro atoms. The highest BCUT2D eigenvalue weighted by Crippen LogP contribution is 2.23. The van der Waals surface area contributed by atoms with E-state index in [0.717, 1.165) is 16.9 Å². The van der Waals surface area contributed by atoms with E-state index in [9.17, 15) is 0 Å². The Morgan fingerprint density at radius 2 is 1.81 bits per heavy atom. The maximum absolute atomic E-state index is 5.34. The zero-order valence-electron chi connectivity index (χ0n) is 14.5. The van der Waals surface area contributed by atoms with Gasteiger partial charge in [0.2, 0.25) is 5.82 Å². The molecule has 4 rings (SSSR count). The summed E-state index contributed by atoms with van der Waals surface area (Å²) in [4.78, 5) is 4.40. The normalized spacial score (nSPS) is 10.8. The van der Waals surface area contributed by atoms with E-state index in [1.54, 1.807) is 11.8 Å². The van der Waals surface area contributed by atoms with Gasteiger partial charge in [0.1, 0.15) is 5.75 Å². The Bertz CT molecular complexity index is 1000. The third kappa shape index (κ3) is 3.32. The zero-order chi connectivity index (χ0) is 17.9. The molecule has 0 N–H and O–H groups in total. The second-order valence-electron chi connectivity index (χ2n) is 5.94. The molecule has 0 aliphatic carbocycles. The van der Waals surface area contributed by atoms with Crippen molar-refractivity contribution in [2.24, 2.45) is 0 Å². The highest BCUT2D eigenvalue weighted by atomic mass is 16.5. The van der Waals surface area contributed by atoms with E-state index in [1.807, 2.05) is 30.5 Å². The van der Waals surface area contributed by atoms with Gasteiger partial charge in [0, 0.05) is 5.56 Å². The summed E-state index contributed by atoms with van der Waals surface area (Å²) in [7, 11) is 1.62. The van der Waals surface area contributed by atoms with Crippen LogP contribution in [0, 0.1) is 6.92 Å². The molecule has 0 unspecified atom stereocenters. The largest absolute Gasteiger partial charge is 0.497 e. The van der Waals surface area contributed by atoms with Crippen molar-refractivity contribution < 1.29 is 9.26 Å². The van der Waals surface area contributed by atoms with Gasteiger partial charge in [0.05, 0.1) is 19.9 Å². The van der Waals surface area contributed by atoms with Gasteiger partial charge in [-0.2, -0.15) is 4.98 Å². The summed E-state index contributed by atoms with van der Waals surface area (Å²) in [5.74, 6) is 1.61. The SMILES string of the molecule is COc1ccc(-c2nc(-c3cn(Cc4ccc(C)cc4)nn3)no2)cc1. The molecule has 0 aliphatic heterocycles. The van der Waals surface area contributed by atoms with Crippen LogP contribution in [0.25, 0.3) is 23.0 Å². The Morgan fingerprint density at radius 3 is 2.54 bits per heavy atom. The first-order chi connectivity index (χ1) is 12.7. The molecule has 0 saturated heterocycles. The molecule has 2 aromatic carbocycles. The van der Waals surface area contributed by atoms with Crippen molar-refractivity contribution in [2.75, 3.05) is 7.11 Å². The Balaban J connectivity index is 1.52.